The summed E-state index contributed by atoms with van der Waals surface area (Å²) in [6.07, 6.45) is 7.16. The van der Waals surface area contributed by atoms with Gasteiger partial charge in [0.25, 0.3) is 0 Å². The lowest BCUT2D eigenvalue weighted by Gasteiger charge is -2.37. The molecule has 5 rings (SSSR count). The van der Waals surface area contributed by atoms with E-state index in [1.54, 1.807) is 11.9 Å². The number of carbonyl (C=O) groups excluding carboxylic acids is 4. The third-order valence-corrected chi connectivity index (χ3v) is 8.78. The molecule has 42 heavy (non-hydrogen) atoms. The van der Waals surface area contributed by atoms with Gasteiger partial charge >= 0.3 is 0 Å². The van der Waals surface area contributed by atoms with E-state index in [1.165, 1.54) is 10.5 Å². The number of amides is 4. The van der Waals surface area contributed by atoms with Gasteiger partial charge in [0, 0.05) is 37.1 Å². The van der Waals surface area contributed by atoms with Crippen molar-refractivity contribution in [1.82, 2.24) is 25.4 Å². The Labute approximate surface area is 247 Å². The molecule has 2 atom stereocenters. The number of piperazine rings is 1. The molecule has 1 saturated heterocycles. The molecule has 9 nitrogen and oxygen atoms in total. The number of nitrogens with one attached hydrogen (secondary N) is 3. The van der Waals surface area contributed by atoms with Gasteiger partial charge < -0.3 is 25.4 Å². The number of benzene rings is 2. The van der Waals surface area contributed by atoms with Crippen molar-refractivity contribution in [2.45, 2.75) is 71.0 Å². The predicted octanol–water partition coefficient (Wildman–Crippen LogP) is 3.38. The van der Waals surface area contributed by atoms with Crippen LogP contribution in [-0.4, -0.2) is 70.6 Å². The van der Waals surface area contributed by atoms with Gasteiger partial charge in [-0.3, -0.25) is 19.2 Å². The van der Waals surface area contributed by atoms with E-state index in [0.29, 0.717) is 6.54 Å². The van der Waals surface area contributed by atoms with Gasteiger partial charge in [-0.15, -0.1) is 0 Å². The summed E-state index contributed by atoms with van der Waals surface area (Å²) in [6, 6.07) is 12.5. The first-order valence-electron chi connectivity index (χ1n) is 14.9. The number of carbonyl (C=O) groups is 4. The van der Waals surface area contributed by atoms with Gasteiger partial charge in [0.2, 0.25) is 23.6 Å². The van der Waals surface area contributed by atoms with Crippen molar-refractivity contribution in [3.63, 3.8) is 0 Å². The molecule has 4 amide bonds. The Kier molecular flexibility index (Phi) is 8.94. The van der Waals surface area contributed by atoms with E-state index in [-0.39, 0.29) is 43.1 Å². The van der Waals surface area contributed by atoms with Gasteiger partial charge in [0.1, 0.15) is 25.2 Å². The molecule has 1 saturated carbocycles. The molecular weight excluding hydrogens is 530 g/mol. The zero-order valence-electron chi connectivity index (χ0n) is 24.7. The van der Waals surface area contributed by atoms with Crippen LogP contribution in [-0.2, 0) is 32.1 Å². The van der Waals surface area contributed by atoms with E-state index < -0.39 is 18.0 Å². The lowest BCUT2D eigenvalue weighted by molar-refractivity contribution is -0.148. The van der Waals surface area contributed by atoms with E-state index >= 15 is 0 Å². The molecule has 3 N–H and O–H groups in total. The molecule has 1 aliphatic carbocycles. The minimum Gasteiger partial charge on any atom is -0.361 e. The Morgan fingerprint density at radius 1 is 1.05 bits per heavy atom. The summed E-state index contributed by atoms with van der Waals surface area (Å²) in [7, 11) is 1.74. The molecule has 0 spiro atoms. The molecular formula is C33H41N5O4. The van der Waals surface area contributed by atoms with Crippen molar-refractivity contribution in [1.29, 1.82) is 0 Å². The highest BCUT2D eigenvalue weighted by Gasteiger charge is 2.39. The number of aryl methyl sites for hydroxylation is 2. The maximum Gasteiger partial charge on any atom is 0.246 e. The first-order chi connectivity index (χ1) is 20.2. The maximum atomic E-state index is 13.8. The number of aromatic amines is 1. The highest BCUT2D eigenvalue weighted by molar-refractivity contribution is 5.98. The molecule has 2 aromatic carbocycles. The third kappa shape index (κ3) is 6.66. The van der Waals surface area contributed by atoms with Crippen LogP contribution in [0.4, 0.5) is 0 Å². The molecule has 1 aromatic heterocycles. The zero-order chi connectivity index (χ0) is 29.8. The normalized spacial score (nSPS) is 18.5. The molecule has 1 aliphatic heterocycles. The third-order valence-electron chi connectivity index (χ3n) is 8.78. The monoisotopic (exact) mass is 571 g/mol. The number of H-pyrrole nitrogens is 1. The summed E-state index contributed by atoms with van der Waals surface area (Å²) in [5.74, 6) is -1.07. The van der Waals surface area contributed by atoms with Crippen LogP contribution in [0.25, 0.3) is 10.9 Å². The summed E-state index contributed by atoms with van der Waals surface area (Å²) >= 11 is 0. The van der Waals surface area contributed by atoms with Crippen LogP contribution in [0.1, 0.15) is 54.4 Å². The van der Waals surface area contributed by atoms with Gasteiger partial charge in [-0.25, -0.2) is 0 Å². The van der Waals surface area contributed by atoms with Crippen LogP contribution < -0.4 is 10.6 Å². The number of fused-ring (bicyclic) bond motifs is 1. The fourth-order valence-corrected chi connectivity index (χ4v) is 6.30. The SMILES string of the molecule is Cc1ccc(CN(C)C(=O)C(Cc2c[nH]c3ccccc23)NC(=O)CN2CC(=O)NC(C3CCCCC3)C2=O)cc1C. The van der Waals surface area contributed by atoms with Crippen LogP contribution in [0.15, 0.2) is 48.7 Å². The Balaban J connectivity index is 1.32. The number of aromatic nitrogens is 1. The van der Waals surface area contributed by atoms with Crippen LogP contribution in [0.3, 0.4) is 0 Å². The molecule has 3 aromatic rings. The van der Waals surface area contributed by atoms with E-state index in [2.05, 4.69) is 28.6 Å². The van der Waals surface area contributed by atoms with Gasteiger partial charge in [-0.1, -0.05) is 55.7 Å². The topological polar surface area (TPSA) is 115 Å². The van der Waals surface area contributed by atoms with Crippen LogP contribution in [0, 0.1) is 19.8 Å². The predicted molar refractivity (Wildman–Crippen MR) is 161 cm³/mol. The fourth-order valence-electron chi connectivity index (χ4n) is 6.30. The van der Waals surface area contributed by atoms with Crippen molar-refractivity contribution in [3.8, 4) is 0 Å². The second kappa shape index (κ2) is 12.8. The summed E-state index contributed by atoms with van der Waals surface area (Å²) in [5, 5.41) is 6.76. The average molecular weight is 572 g/mol. The summed E-state index contributed by atoms with van der Waals surface area (Å²) < 4.78 is 0. The van der Waals surface area contributed by atoms with Crippen molar-refractivity contribution < 1.29 is 19.2 Å². The first kappa shape index (κ1) is 29.4. The minimum absolute atomic E-state index is 0.0938. The van der Waals surface area contributed by atoms with Gasteiger partial charge in [0.05, 0.1) is 0 Å². The second-order valence-electron chi connectivity index (χ2n) is 11.9. The number of likely N-dealkylation sites (N-methyl/N-ethyl adjacent to an activating group) is 1. The van der Waals surface area contributed by atoms with Gasteiger partial charge in [0.15, 0.2) is 0 Å². The van der Waals surface area contributed by atoms with E-state index in [1.807, 2.05) is 49.5 Å². The number of hydrogen-bond donors (Lipinski definition) is 3. The molecule has 9 heteroatoms. The smallest absolute Gasteiger partial charge is 0.246 e. The largest absolute Gasteiger partial charge is 0.361 e. The average Bonchev–Trinajstić information content (AvgIpc) is 3.39. The highest BCUT2D eigenvalue weighted by Crippen LogP contribution is 2.28. The quantitative estimate of drug-likeness (QED) is 0.365. The lowest BCUT2D eigenvalue weighted by Crippen LogP contribution is -2.62. The maximum absolute atomic E-state index is 13.8. The summed E-state index contributed by atoms with van der Waals surface area (Å²) in [4.78, 5) is 59.3. The van der Waals surface area contributed by atoms with Crippen LogP contribution in [0.2, 0.25) is 0 Å². The van der Waals surface area contributed by atoms with Crippen molar-refractivity contribution in [2.75, 3.05) is 20.1 Å². The van der Waals surface area contributed by atoms with E-state index in [9.17, 15) is 19.2 Å². The van der Waals surface area contributed by atoms with Crippen molar-refractivity contribution in [2.24, 2.45) is 5.92 Å². The summed E-state index contributed by atoms with van der Waals surface area (Å²) in [5.41, 5.74) is 5.20. The molecule has 222 valence electrons. The first-order valence-corrected chi connectivity index (χ1v) is 14.9. The van der Waals surface area contributed by atoms with Crippen LogP contribution in [0.5, 0.6) is 0 Å². The number of rotatable bonds is 9. The van der Waals surface area contributed by atoms with Gasteiger partial charge in [-0.05, 0) is 60.9 Å². The Bertz CT molecular complexity index is 1470. The second-order valence-corrected chi connectivity index (χ2v) is 11.9. The number of hydrogen-bond acceptors (Lipinski definition) is 4. The Morgan fingerprint density at radius 2 is 1.81 bits per heavy atom. The standard InChI is InChI=1S/C33H41N5O4/c1-21-13-14-23(15-22(21)2)18-37(3)32(41)28(16-25-17-34-27-12-8-7-11-26(25)27)35-29(39)19-38-20-30(40)36-31(33(38)42)24-9-5-4-6-10-24/h7-8,11-15,17,24,28,31,34H,4-6,9-10,16,18-20H2,1-3H3,(H,35,39)(H,36,40). The van der Waals surface area contributed by atoms with Crippen molar-refractivity contribution >= 4 is 34.5 Å². The minimum atomic E-state index is -0.851. The van der Waals surface area contributed by atoms with Crippen molar-refractivity contribution in [3.05, 3.63) is 70.9 Å². The fraction of sp³-hybridized carbons (Fsp3) is 0.455. The van der Waals surface area contributed by atoms with E-state index in [0.717, 1.165) is 59.7 Å². The number of nitrogens with zero attached hydrogens (tertiary/aromatic N) is 2. The Morgan fingerprint density at radius 3 is 2.57 bits per heavy atom. The lowest BCUT2D eigenvalue weighted by atomic mass is 9.82. The van der Waals surface area contributed by atoms with Gasteiger partial charge in [-0.2, -0.15) is 0 Å². The number of para-hydroxylation sites is 1. The Hall–Kier alpha value is -4.14. The molecule has 2 unspecified atom stereocenters. The molecule has 0 radical (unpaired) electrons. The molecule has 2 heterocycles. The highest BCUT2D eigenvalue weighted by atomic mass is 16.2. The molecule has 2 aliphatic rings. The van der Waals surface area contributed by atoms with E-state index in [4.69, 9.17) is 0 Å². The molecule has 2 fully saturated rings. The van der Waals surface area contributed by atoms with Crippen LogP contribution >= 0.6 is 0 Å². The zero-order valence-corrected chi connectivity index (χ0v) is 24.7. The summed E-state index contributed by atoms with van der Waals surface area (Å²) in [6.45, 7) is 4.06. The molecule has 0 bridgehead atoms.